The van der Waals surface area contributed by atoms with E-state index in [0.717, 1.165) is 186 Å². The number of rotatable bonds is 70. The summed E-state index contributed by atoms with van der Waals surface area (Å²) in [5.74, 6) is -2.28. The van der Waals surface area contributed by atoms with Crippen LogP contribution in [0.15, 0.2) is 146 Å². The molecule has 0 aliphatic heterocycles. The van der Waals surface area contributed by atoms with Crippen molar-refractivity contribution in [2.45, 2.75) is 303 Å². The maximum absolute atomic E-state index is 13.1. The number of carbonyl (C=O) groups is 4. The van der Waals surface area contributed by atoms with Crippen LogP contribution in [0.1, 0.15) is 285 Å². The first-order chi connectivity index (χ1) is 48.7. The van der Waals surface area contributed by atoms with Gasteiger partial charge in [0.1, 0.15) is 19.3 Å². The van der Waals surface area contributed by atoms with Crippen LogP contribution in [-0.2, 0) is 65.4 Å². The molecule has 0 amide bonds. The Hall–Kier alpha value is -5.06. The minimum atomic E-state index is -5.00. The molecule has 0 aromatic rings. The van der Waals surface area contributed by atoms with Crippen molar-refractivity contribution in [3.05, 3.63) is 146 Å². The third-order valence-corrected chi connectivity index (χ3v) is 17.2. The van der Waals surface area contributed by atoms with Crippen LogP contribution in [0.4, 0.5) is 0 Å². The first kappa shape index (κ1) is 94.9. The molecule has 5 atom stereocenters. The smallest absolute Gasteiger partial charge is 0.462 e. The molecule has 0 rings (SSSR count). The van der Waals surface area contributed by atoms with E-state index in [1.54, 1.807) is 0 Å². The quantitative estimate of drug-likeness (QED) is 0.0169. The molecule has 0 saturated heterocycles. The molecule has 0 radical (unpaired) electrons. The van der Waals surface area contributed by atoms with Crippen molar-refractivity contribution < 1.29 is 80.2 Å². The van der Waals surface area contributed by atoms with Gasteiger partial charge < -0.3 is 33.8 Å². The van der Waals surface area contributed by atoms with Crippen LogP contribution in [0.3, 0.4) is 0 Å². The van der Waals surface area contributed by atoms with E-state index in [9.17, 15) is 43.2 Å². The number of ether oxygens (including phenoxy) is 4. The largest absolute Gasteiger partial charge is 0.472 e. The lowest BCUT2D eigenvalue weighted by molar-refractivity contribution is -0.161. The summed E-state index contributed by atoms with van der Waals surface area (Å²) in [6.07, 6.45) is 81.3. The van der Waals surface area contributed by atoms with Gasteiger partial charge in [-0.05, 0) is 154 Å². The highest BCUT2D eigenvalue weighted by molar-refractivity contribution is 7.47. The molecule has 3 N–H and O–H groups in total. The fourth-order valence-electron chi connectivity index (χ4n) is 9.55. The summed E-state index contributed by atoms with van der Waals surface area (Å²) in [4.78, 5) is 72.8. The summed E-state index contributed by atoms with van der Waals surface area (Å²) >= 11 is 0. The Morgan fingerprint density at radius 1 is 0.290 bits per heavy atom. The fraction of sp³-hybridized carbons (Fsp3) is 0.654. The fourth-order valence-corrected chi connectivity index (χ4v) is 11.1. The Morgan fingerprint density at radius 2 is 0.520 bits per heavy atom. The van der Waals surface area contributed by atoms with E-state index in [-0.39, 0.29) is 25.7 Å². The van der Waals surface area contributed by atoms with Crippen molar-refractivity contribution in [2.24, 2.45) is 0 Å². The number of aliphatic hydroxyl groups excluding tert-OH is 1. The Morgan fingerprint density at radius 3 is 0.830 bits per heavy atom. The molecule has 100 heavy (non-hydrogen) atoms. The minimum absolute atomic E-state index is 0.0326. The van der Waals surface area contributed by atoms with Gasteiger partial charge in [-0.2, -0.15) is 0 Å². The van der Waals surface area contributed by atoms with Crippen molar-refractivity contribution in [1.82, 2.24) is 0 Å². The van der Waals surface area contributed by atoms with Gasteiger partial charge in [0, 0.05) is 25.7 Å². The summed E-state index contributed by atoms with van der Waals surface area (Å²) in [5.41, 5.74) is 0. The Kier molecular flexibility index (Phi) is 68.6. The summed E-state index contributed by atoms with van der Waals surface area (Å²) in [6.45, 7) is 4.38. The van der Waals surface area contributed by atoms with Crippen LogP contribution < -0.4 is 0 Å². The maximum Gasteiger partial charge on any atom is 0.472 e. The summed E-state index contributed by atoms with van der Waals surface area (Å²) in [7, 11) is -9.98. The number of aliphatic hydroxyl groups is 1. The predicted octanol–water partition coefficient (Wildman–Crippen LogP) is 21.9. The van der Waals surface area contributed by atoms with Crippen molar-refractivity contribution in [3.8, 4) is 0 Å². The lowest BCUT2D eigenvalue weighted by Crippen LogP contribution is -2.30. The number of hydrogen-bond donors (Lipinski definition) is 3. The number of carbonyl (C=O) groups excluding carboxylic acids is 4. The van der Waals surface area contributed by atoms with Crippen molar-refractivity contribution in [3.63, 3.8) is 0 Å². The zero-order valence-electron chi connectivity index (χ0n) is 62.1. The second-order valence-electron chi connectivity index (χ2n) is 24.8. The predicted molar refractivity (Wildman–Crippen MR) is 408 cm³/mol. The second kappa shape index (κ2) is 72.3. The van der Waals surface area contributed by atoms with Crippen LogP contribution in [0.2, 0.25) is 0 Å². The zero-order valence-corrected chi connectivity index (χ0v) is 63.9. The highest BCUT2D eigenvalue weighted by Gasteiger charge is 2.30. The van der Waals surface area contributed by atoms with Gasteiger partial charge in [0.05, 0.1) is 26.4 Å². The highest BCUT2D eigenvalue weighted by atomic mass is 31.2. The van der Waals surface area contributed by atoms with Crippen LogP contribution in [-0.4, -0.2) is 96.7 Å². The van der Waals surface area contributed by atoms with Gasteiger partial charge in [0.25, 0.3) is 0 Å². The summed E-state index contributed by atoms with van der Waals surface area (Å²) in [5, 5.41) is 10.6. The van der Waals surface area contributed by atoms with Crippen LogP contribution >= 0.6 is 15.6 Å². The van der Waals surface area contributed by atoms with Gasteiger partial charge in [0.2, 0.25) is 0 Å². The number of allylic oxidation sites excluding steroid dienone is 24. The highest BCUT2D eigenvalue weighted by Crippen LogP contribution is 2.45. The Bertz CT molecular complexity index is 2470. The van der Waals surface area contributed by atoms with E-state index < -0.39 is 97.5 Å². The van der Waals surface area contributed by atoms with Crippen LogP contribution in [0, 0.1) is 0 Å². The van der Waals surface area contributed by atoms with Gasteiger partial charge in [0.15, 0.2) is 12.2 Å². The molecule has 0 spiro atoms. The van der Waals surface area contributed by atoms with Crippen molar-refractivity contribution in [2.75, 3.05) is 39.6 Å². The van der Waals surface area contributed by atoms with Gasteiger partial charge in [-0.15, -0.1) is 0 Å². The first-order valence-corrected chi connectivity index (χ1v) is 41.1. The summed E-state index contributed by atoms with van der Waals surface area (Å²) in [6, 6.07) is 0. The molecule has 0 saturated carbocycles. The van der Waals surface area contributed by atoms with E-state index in [0.29, 0.717) is 32.1 Å². The van der Waals surface area contributed by atoms with E-state index in [1.165, 1.54) is 12.8 Å². The third kappa shape index (κ3) is 71.3. The molecule has 0 aromatic heterocycles. The number of phosphoric ester groups is 2. The molecular weight excluding hydrogens is 1310 g/mol. The molecule has 570 valence electrons. The molecule has 17 nitrogen and oxygen atoms in total. The Labute approximate surface area is 605 Å². The van der Waals surface area contributed by atoms with Crippen LogP contribution in [0.25, 0.3) is 0 Å². The average molecular weight is 1440 g/mol. The lowest BCUT2D eigenvalue weighted by atomic mass is 10.1. The molecule has 0 aromatic carbocycles. The number of hydrogen-bond acceptors (Lipinski definition) is 15. The third-order valence-electron chi connectivity index (χ3n) is 15.3. The average Bonchev–Trinajstić information content (AvgIpc) is 1.02. The van der Waals surface area contributed by atoms with Crippen molar-refractivity contribution in [1.29, 1.82) is 0 Å². The molecule has 0 bridgehead atoms. The number of esters is 4. The normalized spacial score (nSPS) is 14.8. The maximum atomic E-state index is 13.1. The molecule has 0 aliphatic carbocycles. The van der Waals surface area contributed by atoms with Gasteiger partial charge in [-0.3, -0.25) is 37.3 Å². The standard InChI is InChI=1S/C81H134O17P2/c1-5-9-13-17-21-25-29-32-35-37-40-42-46-49-53-57-61-65-78(83)91-71-76(97-80(85)67-63-59-55-51-45-28-24-20-16-12-8-4)73-95-99(87,88)93-69-75(82)70-94-100(89,90)96-74-77(98-81(86)68-64-60-56-52-48-44-39-34-31-27-23-19-15-11-7-3)72-92-79(84)66-62-58-54-50-47-43-41-38-36-33-30-26-22-18-14-10-6-2/h9-11,13-15,20-27,32-36,39,41,43,48,52,75-77,82H,5-8,12,16-19,28-31,37-38,40,42,44-47,49-51,53-74H2,1-4H3,(H,87,88)(H,89,90)/b13-9-,14-10-,15-11-,24-20-,25-21-,26-22-,27-23-,35-32-,36-33-,39-34-,43-41-,52-48-. The molecule has 5 unspecified atom stereocenters. The molecule has 0 heterocycles. The second-order valence-corrected chi connectivity index (χ2v) is 27.7. The van der Waals surface area contributed by atoms with Gasteiger partial charge in [-0.1, -0.05) is 251 Å². The topological polar surface area (TPSA) is 237 Å². The van der Waals surface area contributed by atoms with Gasteiger partial charge in [-0.25, -0.2) is 9.13 Å². The van der Waals surface area contributed by atoms with E-state index in [4.69, 9.17) is 37.0 Å². The monoisotopic (exact) mass is 1440 g/mol. The molecule has 19 heteroatoms. The first-order valence-electron chi connectivity index (χ1n) is 38.1. The van der Waals surface area contributed by atoms with Crippen molar-refractivity contribution >= 4 is 39.5 Å². The van der Waals surface area contributed by atoms with Crippen LogP contribution in [0.5, 0.6) is 0 Å². The lowest BCUT2D eigenvalue weighted by Gasteiger charge is -2.21. The van der Waals surface area contributed by atoms with E-state index in [2.05, 4.69) is 174 Å². The Balaban J connectivity index is 5.40. The molecule has 0 aliphatic rings. The summed E-state index contributed by atoms with van der Waals surface area (Å²) < 4.78 is 68.4. The minimum Gasteiger partial charge on any atom is -0.462 e. The molecular formula is C81H134O17P2. The van der Waals surface area contributed by atoms with Gasteiger partial charge >= 0.3 is 39.5 Å². The number of phosphoric acid groups is 2. The SMILES string of the molecule is CC/C=C\C/C=C\C/C=C\C/C=C\CCCCCCC(=O)OCC(COP(=O)(O)OCC(O)COP(=O)(O)OCC(COC(=O)CCCCCCCCC/C=C\C/C=C\C/C=C\CC)OC(=O)CCCCCCC/C=C\CCCC)OC(=O)CCCC/C=C\C/C=C\C/C=C\C/C=C\CC. The number of unbranched alkanes of at least 4 members (excludes halogenated alkanes) is 20. The zero-order chi connectivity index (χ0) is 73.2. The van der Waals surface area contributed by atoms with E-state index in [1.807, 2.05) is 0 Å². The molecule has 0 fully saturated rings. The van der Waals surface area contributed by atoms with E-state index >= 15 is 0 Å².